The van der Waals surface area contributed by atoms with E-state index in [2.05, 4.69) is 0 Å². The van der Waals surface area contributed by atoms with Crippen LogP contribution in [-0.2, 0) is 19.6 Å². The number of sulfonamides is 1. The average molecular weight is 384 g/mol. The van der Waals surface area contributed by atoms with Crippen LogP contribution in [0.1, 0.15) is 22.3 Å². The van der Waals surface area contributed by atoms with E-state index in [-0.39, 0.29) is 19.2 Å². The predicted molar refractivity (Wildman–Crippen MR) is 99.0 cm³/mol. The van der Waals surface area contributed by atoms with E-state index in [4.69, 9.17) is 9.84 Å². The van der Waals surface area contributed by atoms with Gasteiger partial charge in [0.2, 0.25) is 10.0 Å². The average Bonchev–Trinajstić information content (AvgIpc) is 2.52. The van der Waals surface area contributed by atoms with Gasteiger partial charge in [0.1, 0.15) is 0 Å². The summed E-state index contributed by atoms with van der Waals surface area (Å²) in [5, 5.41) is 8.87. The molecule has 26 heavy (non-hydrogen) atoms. The minimum Gasteiger partial charge on any atom is -0.480 e. The van der Waals surface area contributed by atoms with Crippen LogP contribution in [-0.4, -0.2) is 74.6 Å². The summed E-state index contributed by atoms with van der Waals surface area (Å²) < 4.78 is 33.7. The molecular weight excluding hydrogens is 356 g/mol. The quantitative estimate of drug-likeness (QED) is 0.796. The highest BCUT2D eigenvalue weighted by atomic mass is 32.2. The van der Waals surface area contributed by atoms with Gasteiger partial charge in [0.05, 0.1) is 24.2 Å². The van der Waals surface area contributed by atoms with Gasteiger partial charge in [0.15, 0.2) is 0 Å². The van der Waals surface area contributed by atoms with Gasteiger partial charge in [0, 0.05) is 19.6 Å². The van der Waals surface area contributed by atoms with E-state index in [0.717, 1.165) is 22.3 Å². The third kappa shape index (κ3) is 4.43. The zero-order valence-corrected chi connectivity index (χ0v) is 16.9. The first-order valence-corrected chi connectivity index (χ1v) is 10.1. The third-order valence-electron chi connectivity index (χ3n) is 4.92. The van der Waals surface area contributed by atoms with Crippen LogP contribution < -0.4 is 0 Å². The zero-order valence-electron chi connectivity index (χ0n) is 16.1. The summed E-state index contributed by atoms with van der Waals surface area (Å²) in [4.78, 5) is 12.8. The van der Waals surface area contributed by atoms with E-state index < -0.39 is 16.0 Å². The smallest absolute Gasteiger partial charge is 0.317 e. The molecule has 0 aromatic heterocycles. The number of aryl methyl sites for hydroxylation is 2. The molecule has 1 aliphatic heterocycles. The van der Waals surface area contributed by atoms with E-state index in [1.807, 2.05) is 33.8 Å². The topological polar surface area (TPSA) is 87.2 Å². The molecule has 2 rings (SSSR count). The maximum Gasteiger partial charge on any atom is 0.317 e. The molecular formula is C18H28N2O5S. The lowest BCUT2D eigenvalue weighted by molar-refractivity contribution is -0.138. The van der Waals surface area contributed by atoms with Crippen molar-refractivity contribution in [2.75, 3.05) is 39.8 Å². The molecule has 0 saturated carbocycles. The molecule has 1 saturated heterocycles. The molecule has 0 aliphatic carbocycles. The van der Waals surface area contributed by atoms with E-state index >= 15 is 0 Å². The Bertz CT molecular complexity index is 765. The van der Waals surface area contributed by atoms with Gasteiger partial charge in [-0.15, -0.1) is 0 Å². The van der Waals surface area contributed by atoms with E-state index in [1.165, 1.54) is 4.31 Å². The van der Waals surface area contributed by atoms with Gasteiger partial charge >= 0.3 is 5.97 Å². The van der Waals surface area contributed by atoms with E-state index in [9.17, 15) is 13.2 Å². The third-order valence-corrected chi connectivity index (χ3v) is 7.06. The number of ether oxygens (including phenoxy) is 1. The van der Waals surface area contributed by atoms with Crippen molar-refractivity contribution < 1.29 is 23.1 Å². The minimum absolute atomic E-state index is 0.109. The van der Waals surface area contributed by atoms with Gasteiger partial charge < -0.3 is 9.84 Å². The SMILES string of the molecule is Cc1cc(C)c(C)c(S(=O)(=O)N2CCOC(CN(C)CC(=O)O)C2)c1C. The fourth-order valence-electron chi connectivity index (χ4n) is 3.36. The molecule has 7 nitrogen and oxygen atoms in total. The Hall–Kier alpha value is -1.48. The highest BCUT2D eigenvalue weighted by Gasteiger charge is 2.34. The maximum absolute atomic E-state index is 13.3. The Balaban J connectivity index is 2.26. The van der Waals surface area contributed by atoms with Crippen molar-refractivity contribution in [3.05, 3.63) is 28.3 Å². The monoisotopic (exact) mass is 384 g/mol. The van der Waals surface area contributed by atoms with Crippen LogP contribution in [0.15, 0.2) is 11.0 Å². The van der Waals surface area contributed by atoms with Gasteiger partial charge in [-0.05, 0) is 57.0 Å². The number of rotatable bonds is 6. The second kappa shape index (κ2) is 8.04. The number of morpholine rings is 1. The Kier molecular flexibility index (Phi) is 6.44. The number of carboxylic acids is 1. The Morgan fingerprint density at radius 1 is 1.27 bits per heavy atom. The molecule has 1 fully saturated rings. The molecule has 1 aliphatic rings. The molecule has 1 aromatic carbocycles. The molecule has 146 valence electrons. The van der Waals surface area contributed by atoms with Crippen LogP contribution in [0.25, 0.3) is 0 Å². The minimum atomic E-state index is -3.64. The number of likely N-dealkylation sites (N-methyl/N-ethyl adjacent to an activating group) is 1. The largest absolute Gasteiger partial charge is 0.480 e. The van der Waals surface area contributed by atoms with Crippen LogP contribution in [0.4, 0.5) is 0 Å². The number of hydrogen-bond donors (Lipinski definition) is 1. The highest BCUT2D eigenvalue weighted by molar-refractivity contribution is 7.89. The van der Waals surface area contributed by atoms with Crippen molar-refractivity contribution in [1.29, 1.82) is 0 Å². The van der Waals surface area contributed by atoms with Crippen LogP contribution in [0.5, 0.6) is 0 Å². The lowest BCUT2D eigenvalue weighted by Crippen LogP contribution is -2.49. The number of carbonyl (C=O) groups is 1. The summed E-state index contributed by atoms with van der Waals surface area (Å²) in [7, 11) is -1.96. The molecule has 0 spiro atoms. The van der Waals surface area contributed by atoms with Gasteiger partial charge in [-0.3, -0.25) is 9.69 Å². The fraction of sp³-hybridized carbons (Fsp3) is 0.611. The van der Waals surface area contributed by atoms with Crippen LogP contribution in [0, 0.1) is 27.7 Å². The molecule has 0 radical (unpaired) electrons. The fourth-order valence-corrected chi connectivity index (χ4v) is 5.39. The van der Waals surface area contributed by atoms with Crippen LogP contribution in [0.3, 0.4) is 0 Å². The van der Waals surface area contributed by atoms with Crippen molar-refractivity contribution in [3.63, 3.8) is 0 Å². The molecule has 1 unspecified atom stereocenters. The summed E-state index contributed by atoms with van der Waals surface area (Å²) in [5.41, 5.74) is 3.47. The van der Waals surface area contributed by atoms with Crippen molar-refractivity contribution in [3.8, 4) is 0 Å². The standard InChI is InChI=1S/C18H28N2O5S/c1-12-8-13(2)15(4)18(14(12)3)26(23,24)20-6-7-25-16(10-20)9-19(5)11-17(21)22/h8,16H,6-7,9-11H2,1-5H3,(H,21,22). The molecule has 1 aromatic rings. The first-order chi connectivity index (χ1) is 12.0. The number of benzene rings is 1. The normalized spacial score (nSPS) is 19.1. The first kappa shape index (κ1) is 20.8. The van der Waals surface area contributed by atoms with Gasteiger partial charge in [0.25, 0.3) is 0 Å². The Morgan fingerprint density at radius 3 is 2.38 bits per heavy atom. The molecule has 0 bridgehead atoms. The highest BCUT2D eigenvalue weighted by Crippen LogP contribution is 2.29. The second-order valence-corrected chi connectivity index (χ2v) is 8.91. The number of nitrogens with zero attached hydrogens (tertiary/aromatic N) is 2. The summed E-state index contributed by atoms with van der Waals surface area (Å²) in [5.74, 6) is -0.922. The summed E-state index contributed by atoms with van der Waals surface area (Å²) in [6, 6.07) is 2.01. The first-order valence-electron chi connectivity index (χ1n) is 8.63. The lowest BCUT2D eigenvalue weighted by Gasteiger charge is -2.34. The van der Waals surface area contributed by atoms with E-state index in [0.29, 0.717) is 24.6 Å². The number of aliphatic carboxylic acids is 1. The number of hydrogen-bond acceptors (Lipinski definition) is 5. The van der Waals surface area contributed by atoms with Crippen LogP contribution in [0.2, 0.25) is 0 Å². The second-order valence-electron chi connectivity index (χ2n) is 7.04. The molecule has 1 heterocycles. The molecule has 0 amide bonds. The van der Waals surface area contributed by atoms with Gasteiger partial charge in [-0.2, -0.15) is 4.31 Å². The van der Waals surface area contributed by atoms with Crippen molar-refractivity contribution >= 4 is 16.0 Å². The van der Waals surface area contributed by atoms with Gasteiger partial charge in [-0.1, -0.05) is 6.07 Å². The molecule has 1 atom stereocenters. The van der Waals surface area contributed by atoms with Gasteiger partial charge in [-0.25, -0.2) is 8.42 Å². The summed E-state index contributed by atoms with van der Waals surface area (Å²) in [6.07, 6.45) is -0.352. The zero-order chi connectivity index (χ0) is 19.6. The Morgan fingerprint density at radius 2 is 1.85 bits per heavy atom. The summed E-state index contributed by atoms with van der Waals surface area (Å²) >= 11 is 0. The lowest BCUT2D eigenvalue weighted by atomic mass is 10.0. The predicted octanol–water partition coefficient (Wildman–Crippen LogP) is 1.33. The van der Waals surface area contributed by atoms with Crippen molar-refractivity contribution in [2.45, 2.75) is 38.7 Å². The van der Waals surface area contributed by atoms with Crippen molar-refractivity contribution in [2.24, 2.45) is 0 Å². The summed E-state index contributed by atoms with van der Waals surface area (Å²) in [6.45, 7) is 8.60. The number of carboxylic acid groups (broad SMARTS) is 1. The maximum atomic E-state index is 13.3. The Labute approximate surface area is 155 Å². The van der Waals surface area contributed by atoms with Crippen LogP contribution >= 0.6 is 0 Å². The molecule has 8 heteroatoms. The van der Waals surface area contributed by atoms with Crippen molar-refractivity contribution in [1.82, 2.24) is 9.21 Å². The molecule has 1 N–H and O–H groups in total. The van der Waals surface area contributed by atoms with E-state index in [1.54, 1.807) is 11.9 Å².